The van der Waals surface area contributed by atoms with Crippen molar-refractivity contribution in [2.45, 2.75) is 39.3 Å². The standard InChI is InChI=1S/C25H34ClN3O6S/c1-6-7-14-27-25(31)18(2)28(16-19-8-11-21(34-3)12-9-19)24(30)17-29(36(5,32)33)20-10-13-23(35-4)22(26)15-20/h8-13,15,18H,6-7,14,16-17H2,1-5H3,(H,27,31)/t18-/m1/s1. The van der Waals surface area contributed by atoms with Gasteiger partial charge in [-0.15, -0.1) is 0 Å². The average molecular weight is 540 g/mol. The van der Waals surface area contributed by atoms with Crippen molar-refractivity contribution in [3.63, 3.8) is 0 Å². The van der Waals surface area contributed by atoms with Crippen molar-refractivity contribution >= 4 is 39.1 Å². The van der Waals surface area contributed by atoms with Gasteiger partial charge >= 0.3 is 0 Å². The third-order valence-electron chi connectivity index (χ3n) is 5.61. The molecule has 0 fully saturated rings. The summed E-state index contributed by atoms with van der Waals surface area (Å²) in [5.41, 5.74) is 0.969. The second-order valence-corrected chi connectivity index (χ2v) is 10.6. The first kappa shape index (κ1) is 29.3. The van der Waals surface area contributed by atoms with Crippen LogP contribution >= 0.6 is 11.6 Å². The quantitative estimate of drug-likeness (QED) is 0.391. The van der Waals surface area contributed by atoms with E-state index < -0.39 is 28.5 Å². The summed E-state index contributed by atoms with van der Waals surface area (Å²) < 4.78 is 36.6. The molecular weight excluding hydrogens is 506 g/mol. The molecule has 0 saturated carbocycles. The van der Waals surface area contributed by atoms with E-state index in [1.807, 2.05) is 6.92 Å². The van der Waals surface area contributed by atoms with E-state index in [4.69, 9.17) is 21.1 Å². The van der Waals surface area contributed by atoms with Gasteiger partial charge in [-0.25, -0.2) is 8.42 Å². The van der Waals surface area contributed by atoms with Gasteiger partial charge in [0.25, 0.3) is 0 Å². The Morgan fingerprint density at radius 3 is 2.28 bits per heavy atom. The van der Waals surface area contributed by atoms with Gasteiger partial charge in [-0.05, 0) is 49.2 Å². The van der Waals surface area contributed by atoms with Crippen LogP contribution in [0.15, 0.2) is 42.5 Å². The highest BCUT2D eigenvalue weighted by Gasteiger charge is 2.30. The van der Waals surface area contributed by atoms with Gasteiger partial charge in [0.1, 0.15) is 24.1 Å². The predicted octanol–water partition coefficient (Wildman–Crippen LogP) is 3.46. The summed E-state index contributed by atoms with van der Waals surface area (Å²) in [4.78, 5) is 27.7. The van der Waals surface area contributed by atoms with Crippen LogP contribution in [0.4, 0.5) is 5.69 Å². The molecule has 0 saturated heterocycles. The Morgan fingerprint density at radius 1 is 1.08 bits per heavy atom. The van der Waals surface area contributed by atoms with Crippen molar-refractivity contribution in [1.29, 1.82) is 0 Å². The summed E-state index contributed by atoms with van der Waals surface area (Å²) in [6.07, 6.45) is 2.73. The summed E-state index contributed by atoms with van der Waals surface area (Å²) in [5, 5.41) is 3.05. The number of nitrogens with zero attached hydrogens (tertiary/aromatic N) is 2. The number of nitrogens with one attached hydrogen (secondary N) is 1. The number of benzene rings is 2. The molecule has 0 aromatic heterocycles. The second kappa shape index (κ2) is 13.4. The van der Waals surface area contributed by atoms with Gasteiger partial charge in [0.2, 0.25) is 21.8 Å². The minimum atomic E-state index is -3.86. The van der Waals surface area contributed by atoms with E-state index in [9.17, 15) is 18.0 Å². The van der Waals surface area contributed by atoms with Crippen LogP contribution in [-0.4, -0.2) is 64.7 Å². The Morgan fingerprint density at radius 2 is 1.75 bits per heavy atom. The van der Waals surface area contributed by atoms with E-state index in [2.05, 4.69) is 5.32 Å². The zero-order valence-electron chi connectivity index (χ0n) is 21.3. The van der Waals surface area contributed by atoms with E-state index in [0.717, 1.165) is 29.0 Å². The predicted molar refractivity (Wildman–Crippen MR) is 141 cm³/mol. The number of amides is 2. The number of hydrogen-bond acceptors (Lipinski definition) is 6. The zero-order valence-corrected chi connectivity index (χ0v) is 22.9. The highest BCUT2D eigenvalue weighted by molar-refractivity contribution is 7.92. The van der Waals surface area contributed by atoms with E-state index in [0.29, 0.717) is 18.0 Å². The number of unbranched alkanes of at least 4 members (excludes halogenated alkanes) is 1. The lowest BCUT2D eigenvalue weighted by atomic mass is 10.1. The number of ether oxygens (including phenoxy) is 2. The number of rotatable bonds is 13. The lowest BCUT2D eigenvalue weighted by molar-refractivity contribution is -0.139. The second-order valence-electron chi connectivity index (χ2n) is 8.28. The number of hydrogen-bond donors (Lipinski definition) is 1. The molecule has 0 aliphatic heterocycles. The first-order valence-corrected chi connectivity index (χ1v) is 13.8. The lowest BCUT2D eigenvalue weighted by Gasteiger charge is -2.31. The highest BCUT2D eigenvalue weighted by Crippen LogP contribution is 2.30. The molecule has 2 amide bonds. The van der Waals surface area contributed by atoms with Crippen molar-refractivity contribution in [1.82, 2.24) is 10.2 Å². The van der Waals surface area contributed by atoms with Crippen LogP contribution in [0.2, 0.25) is 5.02 Å². The molecule has 0 radical (unpaired) electrons. The summed E-state index contributed by atoms with van der Waals surface area (Å²) in [6.45, 7) is 3.72. The third kappa shape index (κ3) is 8.03. The molecule has 9 nitrogen and oxygen atoms in total. The third-order valence-corrected chi connectivity index (χ3v) is 7.05. The molecule has 2 aromatic carbocycles. The molecule has 0 aliphatic carbocycles. The van der Waals surface area contributed by atoms with Crippen LogP contribution in [0.5, 0.6) is 11.5 Å². The first-order chi connectivity index (χ1) is 17.0. The van der Waals surface area contributed by atoms with Gasteiger partial charge in [-0.1, -0.05) is 37.1 Å². The van der Waals surface area contributed by atoms with E-state index in [-0.39, 0.29) is 23.2 Å². The van der Waals surface area contributed by atoms with Gasteiger partial charge in [0.15, 0.2) is 0 Å². The molecule has 1 atom stereocenters. The minimum Gasteiger partial charge on any atom is -0.497 e. The normalized spacial score (nSPS) is 11.9. The van der Waals surface area contributed by atoms with Crippen molar-refractivity contribution in [3.8, 4) is 11.5 Å². The number of anilines is 1. The molecule has 198 valence electrons. The van der Waals surface area contributed by atoms with Crippen molar-refractivity contribution in [3.05, 3.63) is 53.1 Å². The molecule has 0 spiro atoms. The molecular formula is C25H34ClN3O6S. The Kier molecular flexibility index (Phi) is 10.9. The number of sulfonamides is 1. The minimum absolute atomic E-state index is 0.103. The fourth-order valence-corrected chi connectivity index (χ4v) is 4.56. The monoisotopic (exact) mass is 539 g/mol. The van der Waals surface area contributed by atoms with Gasteiger partial charge in [0.05, 0.1) is 31.2 Å². The summed E-state index contributed by atoms with van der Waals surface area (Å²) >= 11 is 6.20. The van der Waals surface area contributed by atoms with Crippen LogP contribution in [0.3, 0.4) is 0 Å². The van der Waals surface area contributed by atoms with Crippen LogP contribution < -0.4 is 19.1 Å². The zero-order chi connectivity index (χ0) is 26.9. The van der Waals surface area contributed by atoms with E-state index in [1.54, 1.807) is 38.3 Å². The van der Waals surface area contributed by atoms with Crippen molar-refractivity contribution in [2.75, 3.05) is 37.9 Å². The molecule has 2 aromatic rings. The molecule has 2 rings (SSSR count). The van der Waals surface area contributed by atoms with Gasteiger partial charge in [0, 0.05) is 13.1 Å². The van der Waals surface area contributed by atoms with Crippen LogP contribution in [0.1, 0.15) is 32.3 Å². The fraction of sp³-hybridized carbons (Fsp3) is 0.440. The van der Waals surface area contributed by atoms with Crippen LogP contribution in [-0.2, 0) is 26.2 Å². The topological polar surface area (TPSA) is 105 Å². The lowest BCUT2D eigenvalue weighted by Crippen LogP contribution is -2.51. The maximum absolute atomic E-state index is 13.5. The maximum Gasteiger partial charge on any atom is 0.244 e. The summed E-state index contributed by atoms with van der Waals surface area (Å²) in [6, 6.07) is 10.7. The average Bonchev–Trinajstić information content (AvgIpc) is 2.85. The molecule has 11 heteroatoms. The molecule has 1 N–H and O–H groups in total. The number of halogens is 1. The van der Waals surface area contributed by atoms with Crippen molar-refractivity contribution < 1.29 is 27.5 Å². The van der Waals surface area contributed by atoms with Crippen LogP contribution in [0.25, 0.3) is 0 Å². The largest absolute Gasteiger partial charge is 0.497 e. The van der Waals surface area contributed by atoms with Crippen LogP contribution in [0, 0.1) is 0 Å². The number of carbonyl (C=O) groups is 2. The van der Waals surface area contributed by atoms with E-state index >= 15 is 0 Å². The number of carbonyl (C=O) groups excluding carboxylic acids is 2. The van der Waals surface area contributed by atoms with Gasteiger partial charge < -0.3 is 19.7 Å². The maximum atomic E-state index is 13.5. The summed E-state index contributed by atoms with van der Waals surface area (Å²) in [7, 11) is -0.857. The Hall–Kier alpha value is -2.98. The fourth-order valence-electron chi connectivity index (χ4n) is 3.47. The molecule has 36 heavy (non-hydrogen) atoms. The molecule has 0 bridgehead atoms. The smallest absolute Gasteiger partial charge is 0.244 e. The van der Waals surface area contributed by atoms with E-state index in [1.165, 1.54) is 30.2 Å². The molecule has 0 heterocycles. The number of methoxy groups -OCH3 is 2. The van der Waals surface area contributed by atoms with Gasteiger partial charge in [-0.2, -0.15) is 0 Å². The highest BCUT2D eigenvalue weighted by atomic mass is 35.5. The molecule has 0 aliphatic rings. The van der Waals surface area contributed by atoms with Gasteiger partial charge in [-0.3, -0.25) is 13.9 Å². The Labute approximate surface area is 218 Å². The molecule has 0 unspecified atom stereocenters. The Bertz CT molecular complexity index is 1140. The summed E-state index contributed by atoms with van der Waals surface area (Å²) in [5.74, 6) is 0.172. The SMILES string of the molecule is CCCCNC(=O)[C@@H](C)N(Cc1ccc(OC)cc1)C(=O)CN(c1ccc(OC)c(Cl)c1)S(C)(=O)=O. The van der Waals surface area contributed by atoms with Crippen molar-refractivity contribution in [2.24, 2.45) is 0 Å². The first-order valence-electron chi connectivity index (χ1n) is 11.5. The Balaban J connectivity index is 2.37.